The molecule has 0 radical (unpaired) electrons. The van der Waals surface area contributed by atoms with Crippen LogP contribution in [0.5, 0.6) is 0 Å². The first-order valence-electron chi connectivity index (χ1n) is 8.30. The van der Waals surface area contributed by atoms with Crippen LogP contribution in [0.1, 0.15) is 51.1 Å². The molecule has 2 heteroatoms. The summed E-state index contributed by atoms with van der Waals surface area (Å²) in [6, 6.07) is 13.1. The lowest BCUT2D eigenvalue weighted by molar-refractivity contribution is 0.0708. The van der Waals surface area contributed by atoms with E-state index in [4.69, 9.17) is 0 Å². The van der Waals surface area contributed by atoms with Crippen molar-refractivity contribution >= 4 is 0 Å². The monoisotopic (exact) mass is 272 g/mol. The number of hydrogen-bond donors (Lipinski definition) is 1. The lowest BCUT2D eigenvalue weighted by Crippen LogP contribution is -2.56. The Hall–Kier alpha value is -0.860. The van der Waals surface area contributed by atoms with Crippen LogP contribution in [0.25, 0.3) is 0 Å². The highest BCUT2D eigenvalue weighted by Gasteiger charge is 2.35. The van der Waals surface area contributed by atoms with Crippen LogP contribution in [-0.4, -0.2) is 30.1 Å². The van der Waals surface area contributed by atoms with Crippen LogP contribution >= 0.6 is 0 Å². The summed E-state index contributed by atoms with van der Waals surface area (Å²) >= 11 is 0. The van der Waals surface area contributed by atoms with Gasteiger partial charge in [0.1, 0.15) is 0 Å². The second-order valence-corrected chi connectivity index (χ2v) is 6.82. The predicted octanol–water partition coefficient (Wildman–Crippen LogP) is 3.60. The van der Waals surface area contributed by atoms with Crippen molar-refractivity contribution in [3.63, 3.8) is 0 Å². The molecule has 20 heavy (non-hydrogen) atoms. The molecule has 1 aliphatic heterocycles. The third kappa shape index (κ3) is 2.91. The molecule has 2 atom stereocenters. The minimum absolute atomic E-state index is 0.564. The van der Waals surface area contributed by atoms with E-state index < -0.39 is 0 Å². The number of piperazine rings is 1. The zero-order valence-electron chi connectivity index (χ0n) is 12.9. The highest BCUT2D eigenvalue weighted by molar-refractivity contribution is 5.21. The molecule has 2 aliphatic rings. The van der Waals surface area contributed by atoms with Crippen molar-refractivity contribution in [1.29, 1.82) is 0 Å². The van der Waals surface area contributed by atoms with Gasteiger partial charge >= 0.3 is 0 Å². The maximum absolute atomic E-state index is 3.78. The van der Waals surface area contributed by atoms with Crippen molar-refractivity contribution in [2.75, 3.05) is 13.1 Å². The van der Waals surface area contributed by atoms with Crippen LogP contribution in [0.2, 0.25) is 0 Å². The number of benzene rings is 1. The van der Waals surface area contributed by atoms with Gasteiger partial charge in [0.2, 0.25) is 0 Å². The molecule has 0 bridgehead atoms. The third-order valence-corrected chi connectivity index (χ3v) is 5.16. The van der Waals surface area contributed by atoms with Crippen LogP contribution in [-0.2, 0) is 0 Å². The first-order chi connectivity index (χ1) is 9.75. The molecule has 1 N–H and O–H groups in total. The van der Waals surface area contributed by atoms with Crippen molar-refractivity contribution in [2.45, 2.75) is 57.7 Å². The Labute approximate surface area is 123 Å². The van der Waals surface area contributed by atoms with E-state index in [1.165, 1.54) is 37.8 Å². The average Bonchev–Trinajstić information content (AvgIpc) is 3.01. The van der Waals surface area contributed by atoms with Crippen LogP contribution in [0.15, 0.2) is 30.3 Å². The summed E-state index contributed by atoms with van der Waals surface area (Å²) in [6.07, 6.45) is 5.63. The van der Waals surface area contributed by atoms with Gasteiger partial charge in [0.15, 0.2) is 0 Å². The van der Waals surface area contributed by atoms with Gasteiger partial charge in [0.05, 0.1) is 0 Å². The average molecular weight is 272 g/mol. The lowest BCUT2D eigenvalue weighted by atomic mass is 9.94. The molecule has 1 heterocycles. The Balaban J connectivity index is 1.80. The Morgan fingerprint density at radius 3 is 2.45 bits per heavy atom. The molecule has 0 amide bonds. The quantitative estimate of drug-likeness (QED) is 0.904. The molecule has 1 saturated heterocycles. The summed E-state index contributed by atoms with van der Waals surface area (Å²) in [5.41, 5.74) is 1.48. The molecule has 1 aromatic carbocycles. The van der Waals surface area contributed by atoms with E-state index in [-0.39, 0.29) is 0 Å². The van der Waals surface area contributed by atoms with Gasteiger partial charge in [-0.3, -0.25) is 4.90 Å². The SMILES string of the molecule is CC(C)C1CN(C2CCCC2)C(c2ccccc2)CN1. The predicted molar refractivity (Wildman–Crippen MR) is 84.8 cm³/mol. The molecule has 3 rings (SSSR count). The van der Waals surface area contributed by atoms with Gasteiger partial charge in [-0.05, 0) is 24.3 Å². The third-order valence-electron chi connectivity index (χ3n) is 5.16. The van der Waals surface area contributed by atoms with Gasteiger partial charge in [-0.25, -0.2) is 0 Å². The van der Waals surface area contributed by atoms with E-state index in [1.54, 1.807) is 0 Å². The fourth-order valence-electron chi connectivity index (χ4n) is 3.87. The zero-order valence-corrected chi connectivity index (χ0v) is 12.9. The Kier molecular flexibility index (Phi) is 4.42. The van der Waals surface area contributed by atoms with Crippen LogP contribution in [0, 0.1) is 5.92 Å². The molecule has 2 unspecified atom stereocenters. The standard InChI is InChI=1S/C18H28N2/c1-14(2)17-13-20(16-10-6-7-11-16)18(12-19-17)15-8-4-3-5-9-15/h3-5,8-9,14,16-19H,6-7,10-13H2,1-2H3. The Bertz CT molecular complexity index is 409. The molecular weight excluding hydrogens is 244 g/mol. The molecule has 1 aliphatic carbocycles. The van der Waals surface area contributed by atoms with Crippen molar-refractivity contribution in [3.05, 3.63) is 35.9 Å². The molecule has 0 aromatic heterocycles. The Morgan fingerprint density at radius 1 is 1.10 bits per heavy atom. The minimum Gasteiger partial charge on any atom is -0.311 e. The van der Waals surface area contributed by atoms with E-state index in [9.17, 15) is 0 Å². The summed E-state index contributed by atoms with van der Waals surface area (Å²) in [4.78, 5) is 2.81. The molecule has 1 aromatic rings. The largest absolute Gasteiger partial charge is 0.311 e. The summed E-state index contributed by atoms with van der Waals surface area (Å²) in [5.74, 6) is 0.718. The molecule has 1 saturated carbocycles. The minimum atomic E-state index is 0.564. The topological polar surface area (TPSA) is 15.3 Å². The van der Waals surface area contributed by atoms with Crippen LogP contribution in [0.3, 0.4) is 0 Å². The molecule has 0 spiro atoms. The molecule has 2 fully saturated rings. The molecular formula is C18H28N2. The van der Waals surface area contributed by atoms with E-state index in [0.29, 0.717) is 12.1 Å². The fraction of sp³-hybridized carbons (Fsp3) is 0.667. The van der Waals surface area contributed by atoms with Crippen LogP contribution in [0.4, 0.5) is 0 Å². The number of hydrogen-bond acceptors (Lipinski definition) is 2. The van der Waals surface area contributed by atoms with E-state index in [2.05, 4.69) is 54.4 Å². The molecule has 2 nitrogen and oxygen atoms in total. The van der Waals surface area contributed by atoms with Gasteiger partial charge in [0, 0.05) is 31.2 Å². The van der Waals surface area contributed by atoms with Crippen molar-refractivity contribution in [2.24, 2.45) is 5.92 Å². The summed E-state index contributed by atoms with van der Waals surface area (Å²) in [5, 5.41) is 3.78. The summed E-state index contributed by atoms with van der Waals surface area (Å²) in [6.45, 7) is 6.99. The normalized spacial score (nSPS) is 29.1. The van der Waals surface area contributed by atoms with E-state index in [1.807, 2.05) is 0 Å². The second kappa shape index (κ2) is 6.28. The maximum Gasteiger partial charge on any atom is 0.0476 e. The maximum atomic E-state index is 3.78. The number of rotatable bonds is 3. The number of nitrogens with zero attached hydrogens (tertiary/aromatic N) is 1. The van der Waals surface area contributed by atoms with Gasteiger partial charge in [0.25, 0.3) is 0 Å². The van der Waals surface area contributed by atoms with Gasteiger partial charge in [-0.2, -0.15) is 0 Å². The number of nitrogens with one attached hydrogen (secondary N) is 1. The lowest BCUT2D eigenvalue weighted by Gasteiger charge is -2.45. The van der Waals surface area contributed by atoms with Crippen molar-refractivity contribution < 1.29 is 0 Å². The van der Waals surface area contributed by atoms with Crippen molar-refractivity contribution in [3.8, 4) is 0 Å². The first kappa shape index (κ1) is 14.1. The summed E-state index contributed by atoms with van der Waals surface area (Å²) in [7, 11) is 0. The van der Waals surface area contributed by atoms with Crippen LogP contribution < -0.4 is 5.32 Å². The highest BCUT2D eigenvalue weighted by atomic mass is 15.3. The Morgan fingerprint density at radius 2 is 1.80 bits per heavy atom. The first-order valence-corrected chi connectivity index (χ1v) is 8.30. The fourth-order valence-corrected chi connectivity index (χ4v) is 3.87. The van der Waals surface area contributed by atoms with E-state index >= 15 is 0 Å². The highest BCUT2D eigenvalue weighted by Crippen LogP contribution is 2.33. The van der Waals surface area contributed by atoms with Gasteiger partial charge < -0.3 is 5.32 Å². The summed E-state index contributed by atoms with van der Waals surface area (Å²) < 4.78 is 0. The van der Waals surface area contributed by atoms with Crippen molar-refractivity contribution in [1.82, 2.24) is 10.2 Å². The smallest absolute Gasteiger partial charge is 0.0476 e. The van der Waals surface area contributed by atoms with Gasteiger partial charge in [-0.1, -0.05) is 57.0 Å². The second-order valence-electron chi connectivity index (χ2n) is 6.82. The molecule has 110 valence electrons. The van der Waals surface area contributed by atoms with Gasteiger partial charge in [-0.15, -0.1) is 0 Å². The van der Waals surface area contributed by atoms with E-state index in [0.717, 1.165) is 18.5 Å². The zero-order chi connectivity index (χ0) is 13.9.